The molecule has 20 heavy (non-hydrogen) atoms. The van der Waals surface area contributed by atoms with E-state index in [1.54, 1.807) is 0 Å². The van der Waals surface area contributed by atoms with Gasteiger partial charge < -0.3 is 0 Å². The lowest BCUT2D eigenvalue weighted by Crippen LogP contribution is -1.69. The molecule has 0 aliphatic rings. The van der Waals surface area contributed by atoms with Crippen molar-refractivity contribution in [2.45, 2.75) is 0 Å². The number of allylic oxidation sites excluding steroid dienone is 2. The Morgan fingerprint density at radius 3 is 1.35 bits per heavy atom. The van der Waals surface area contributed by atoms with Gasteiger partial charge in [-0.3, -0.25) is 0 Å². The summed E-state index contributed by atoms with van der Waals surface area (Å²) in [5.74, 6) is 0. The van der Waals surface area contributed by atoms with Gasteiger partial charge in [0, 0.05) is 0 Å². The molecule has 0 bridgehead atoms. The summed E-state index contributed by atoms with van der Waals surface area (Å²) in [4.78, 5) is 0. The van der Waals surface area contributed by atoms with Crippen LogP contribution in [-0.4, -0.2) is 0 Å². The van der Waals surface area contributed by atoms with Gasteiger partial charge in [-0.2, -0.15) is 0 Å². The zero-order valence-corrected chi connectivity index (χ0v) is 13.9. The fourth-order valence-corrected chi connectivity index (χ4v) is 1.98. The molecule has 98 valence electrons. The summed E-state index contributed by atoms with van der Waals surface area (Å²) in [5, 5.41) is 0. The maximum atomic E-state index is 3.48. The monoisotopic (exact) mass is 386 g/mol. The van der Waals surface area contributed by atoms with Crippen molar-refractivity contribution in [1.82, 2.24) is 0 Å². The fraction of sp³-hybridized carbons (Fsp3) is 0. The highest BCUT2D eigenvalue weighted by Crippen LogP contribution is 2.21. The molecule has 0 atom stereocenters. The van der Waals surface area contributed by atoms with E-state index in [1.807, 2.05) is 72.8 Å². The highest BCUT2D eigenvalue weighted by Gasteiger charge is 1.93. The van der Waals surface area contributed by atoms with Crippen molar-refractivity contribution in [2.24, 2.45) is 0 Å². The summed E-state index contributed by atoms with van der Waals surface area (Å²) in [6.45, 7) is 0. The molecular weight excluding hydrogens is 376 g/mol. The van der Waals surface area contributed by atoms with E-state index in [-0.39, 0.29) is 0 Å². The Hall–Kier alpha value is -1.56. The van der Waals surface area contributed by atoms with Gasteiger partial charge in [-0.1, -0.05) is 60.7 Å². The summed E-state index contributed by atoms with van der Waals surface area (Å²) >= 11 is 6.96. The summed E-state index contributed by atoms with van der Waals surface area (Å²) in [6, 6.07) is 20.1. The third kappa shape index (κ3) is 4.85. The van der Waals surface area contributed by atoms with Crippen LogP contribution >= 0.6 is 31.9 Å². The molecule has 0 saturated heterocycles. The summed E-state index contributed by atoms with van der Waals surface area (Å²) in [5.41, 5.74) is 8.57. The SMILES string of the molecule is BrC(=C=Cc1ccccc1)C(Br)=C=Cc1ccccc1. The van der Waals surface area contributed by atoms with Crippen LogP contribution in [0.1, 0.15) is 11.1 Å². The number of hydrogen-bond donors (Lipinski definition) is 0. The van der Waals surface area contributed by atoms with E-state index in [1.165, 1.54) is 0 Å². The minimum absolute atomic E-state index is 0.827. The molecule has 0 heterocycles. The van der Waals surface area contributed by atoms with E-state index < -0.39 is 0 Å². The largest absolute Gasteiger partial charge is 0.103 e. The van der Waals surface area contributed by atoms with Crippen molar-refractivity contribution in [3.63, 3.8) is 0 Å². The Balaban J connectivity index is 2.22. The molecule has 0 amide bonds. The summed E-state index contributed by atoms with van der Waals surface area (Å²) in [6.07, 6.45) is 3.85. The van der Waals surface area contributed by atoms with Crippen molar-refractivity contribution in [3.8, 4) is 0 Å². The normalized spacial score (nSPS) is 9.10. The van der Waals surface area contributed by atoms with Gasteiger partial charge in [0.1, 0.15) is 0 Å². The number of benzene rings is 2. The molecule has 2 heteroatoms. The van der Waals surface area contributed by atoms with Crippen molar-refractivity contribution in [2.75, 3.05) is 0 Å². The number of rotatable bonds is 3. The van der Waals surface area contributed by atoms with E-state index >= 15 is 0 Å². The Bertz CT molecular complexity index is 621. The highest BCUT2D eigenvalue weighted by molar-refractivity contribution is 9.15. The van der Waals surface area contributed by atoms with Gasteiger partial charge in [-0.25, -0.2) is 0 Å². The van der Waals surface area contributed by atoms with Crippen molar-refractivity contribution < 1.29 is 0 Å². The maximum Gasteiger partial charge on any atom is 0.0814 e. The lowest BCUT2D eigenvalue weighted by Gasteiger charge is -1.91. The summed E-state index contributed by atoms with van der Waals surface area (Å²) in [7, 11) is 0. The molecule has 2 rings (SSSR count). The predicted molar refractivity (Wildman–Crippen MR) is 93.7 cm³/mol. The van der Waals surface area contributed by atoms with Gasteiger partial charge in [0.25, 0.3) is 0 Å². The Morgan fingerprint density at radius 2 is 1.00 bits per heavy atom. The van der Waals surface area contributed by atoms with E-state index in [4.69, 9.17) is 0 Å². The standard InChI is InChI=1S/C18H12Br2/c19-17(13-11-15-7-3-1-4-8-15)18(20)14-12-16-9-5-2-6-10-16/h1-12H. The van der Waals surface area contributed by atoms with Crippen LogP contribution in [0.2, 0.25) is 0 Å². The smallest absolute Gasteiger partial charge is 0.0814 e. The first-order valence-corrected chi connectivity index (χ1v) is 7.69. The molecule has 0 saturated carbocycles. The Kier molecular flexibility index (Phi) is 5.86. The van der Waals surface area contributed by atoms with Crippen LogP contribution in [0.15, 0.2) is 81.1 Å². The van der Waals surface area contributed by atoms with Crippen LogP contribution in [0.25, 0.3) is 12.2 Å². The Labute approximate surface area is 136 Å². The lowest BCUT2D eigenvalue weighted by atomic mass is 10.2. The van der Waals surface area contributed by atoms with Gasteiger partial charge in [-0.15, -0.1) is 11.5 Å². The van der Waals surface area contributed by atoms with Crippen LogP contribution in [0.3, 0.4) is 0 Å². The summed E-state index contributed by atoms with van der Waals surface area (Å²) < 4.78 is 1.65. The van der Waals surface area contributed by atoms with Gasteiger partial charge >= 0.3 is 0 Å². The molecule has 0 aliphatic heterocycles. The molecule has 0 aliphatic carbocycles. The molecule has 0 N–H and O–H groups in total. The van der Waals surface area contributed by atoms with E-state index in [0.717, 1.165) is 20.1 Å². The second kappa shape index (κ2) is 7.89. The van der Waals surface area contributed by atoms with Crippen molar-refractivity contribution in [3.05, 3.63) is 92.2 Å². The molecule has 0 nitrogen and oxygen atoms in total. The molecule has 0 spiro atoms. The lowest BCUT2D eigenvalue weighted by molar-refractivity contribution is 1.66. The minimum Gasteiger partial charge on any atom is -0.103 e. The first kappa shape index (κ1) is 14.8. The maximum absolute atomic E-state index is 3.48. The Morgan fingerprint density at radius 1 is 0.650 bits per heavy atom. The van der Waals surface area contributed by atoms with Gasteiger partial charge in [0.2, 0.25) is 0 Å². The van der Waals surface area contributed by atoms with Crippen molar-refractivity contribution >= 4 is 44.0 Å². The average molecular weight is 388 g/mol. The first-order valence-electron chi connectivity index (χ1n) is 6.10. The highest BCUT2D eigenvalue weighted by atomic mass is 79.9. The number of hydrogen-bond acceptors (Lipinski definition) is 0. The van der Waals surface area contributed by atoms with Gasteiger partial charge in [0.15, 0.2) is 0 Å². The molecule has 0 fully saturated rings. The zero-order chi connectivity index (χ0) is 14.2. The molecule has 2 aromatic carbocycles. The second-order valence-corrected chi connectivity index (χ2v) is 5.61. The van der Waals surface area contributed by atoms with Crippen LogP contribution < -0.4 is 0 Å². The second-order valence-electron chi connectivity index (χ2n) is 4.03. The predicted octanol–water partition coefficient (Wildman–Crippen LogP) is 6.17. The van der Waals surface area contributed by atoms with Crippen molar-refractivity contribution in [1.29, 1.82) is 0 Å². The minimum atomic E-state index is 0.827. The molecule has 0 radical (unpaired) electrons. The molecule has 2 aromatic rings. The van der Waals surface area contributed by atoms with Crippen LogP contribution in [0.4, 0.5) is 0 Å². The zero-order valence-electron chi connectivity index (χ0n) is 10.7. The van der Waals surface area contributed by atoms with E-state index in [2.05, 4.69) is 43.3 Å². The fourth-order valence-electron chi connectivity index (χ4n) is 1.52. The van der Waals surface area contributed by atoms with Crippen LogP contribution in [0.5, 0.6) is 0 Å². The van der Waals surface area contributed by atoms with E-state index in [0.29, 0.717) is 0 Å². The quantitative estimate of drug-likeness (QED) is 0.436. The molecule has 0 unspecified atom stereocenters. The van der Waals surface area contributed by atoms with Crippen LogP contribution in [0, 0.1) is 0 Å². The third-order valence-electron chi connectivity index (χ3n) is 2.52. The topological polar surface area (TPSA) is 0 Å². The van der Waals surface area contributed by atoms with E-state index in [9.17, 15) is 0 Å². The number of halogens is 2. The van der Waals surface area contributed by atoms with Gasteiger partial charge in [0.05, 0.1) is 8.96 Å². The molecule has 0 aromatic heterocycles. The van der Waals surface area contributed by atoms with Crippen LogP contribution in [-0.2, 0) is 0 Å². The van der Waals surface area contributed by atoms with Gasteiger partial charge in [-0.05, 0) is 55.1 Å². The molecular formula is C18H12Br2. The first-order chi connectivity index (χ1) is 9.75. The third-order valence-corrected chi connectivity index (χ3v) is 4.31. The average Bonchev–Trinajstić information content (AvgIpc) is 2.52.